The van der Waals surface area contributed by atoms with Crippen molar-refractivity contribution in [3.8, 4) is 0 Å². The summed E-state index contributed by atoms with van der Waals surface area (Å²) in [7, 11) is 1.94. The van der Waals surface area contributed by atoms with Crippen LogP contribution in [-0.2, 0) is 4.79 Å². The van der Waals surface area contributed by atoms with Gasteiger partial charge in [-0.1, -0.05) is 37.1 Å². The Labute approximate surface area is 157 Å². The molecule has 7 nitrogen and oxygen atoms in total. The fraction of sp³-hybridized carbons (Fsp3) is 0.556. The van der Waals surface area contributed by atoms with Crippen LogP contribution in [0.15, 0.2) is 29.3 Å². The summed E-state index contributed by atoms with van der Waals surface area (Å²) in [5.74, 6) is 0.562. The van der Waals surface area contributed by atoms with Gasteiger partial charge >= 0.3 is 0 Å². The predicted molar refractivity (Wildman–Crippen MR) is 105 cm³/mol. The number of nitro benzene ring substituents is 1. The summed E-state index contributed by atoms with van der Waals surface area (Å²) < 4.78 is 0. The summed E-state index contributed by atoms with van der Waals surface area (Å²) in [5.41, 5.74) is 0.529. The van der Waals surface area contributed by atoms with E-state index in [1.807, 2.05) is 11.9 Å². The number of carbonyl (C=O) groups is 1. The van der Waals surface area contributed by atoms with Crippen LogP contribution in [0, 0.1) is 10.1 Å². The normalized spacial score (nSPS) is 22.6. The van der Waals surface area contributed by atoms with Gasteiger partial charge in [0.15, 0.2) is 5.17 Å². The number of aliphatic imine (C=N–C) groups is 1. The highest BCUT2D eigenvalue weighted by Crippen LogP contribution is 2.32. The zero-order valence-corrected chi connectivity index (χ0v) is 15.9. The van der Waals surface area contributed by atoms with Gasteiger partial charge in [-0.25, -0.2) is 0 Å². The number of carbonyl (C=O) groups excluding carboxylic acids is 1. The number of nitro groups is 1. The molecule has 2 fully saturated rings. The van der Waals surface area contributed by atoms with Gasteiger partial charge in [-0.2, -0.15) is 0 Å². The van der Waals surface area contributed by atoms with Crippen LogP contribution in [0.4, 0.5) is 11.4 Å². The minimum Gasteiger partial charge on any atom is -0.333 e. The third kappa shape index (κ3) is 4.00. The van der Waals surface area contributed by atoms with Gasteiger partial charge in [0.1, 0.15) is 6.17 Å². The van der Waals surface area contributed by atoms with E-state index in [0.717, 1.165) is 18.0 Å². The molecule has 2 aliphatic rings. The molecule has 8 heteroatoms. The number of thioether (sulfide) groups is 1. The fourth-order valence-corrected chi connectivity index (χ4v) is 4.77. The highest BCUT2D eigenvalue weighted by molar-refractivity contribution is 8.14. The van der Waals surface area contributed by atoms with Crippen molar-refractivity contribution >= 4 is 34.2 Å². The van der Waals surface area contributed by atoms with Crippen molar-refractivity contribution < 1.29 is 9.72 Å². The smallest absolute Gasteiger partial charge is 0.271 e. The highest BCUT2D eigenvalue weighted by atomic mass is 32.2. The molecule has 1 atom stereocenters. The summed E-state index contributed by atoms with van der Waals surface area (Å²) in [5, 5.41) is 12.0. The molecule has 140 valence electrons. The molecule has 1 amide bonds. The van der Waals surface area contributed by atoms with Crippen LogP contribution in [0.3, 0.4) is 0 Å². The molecule has 1 saturated carbocycles. The van der Waals surface area contributed by atoms with E-state index in [2.05, 4.69) is 0 Å². The summed E-state index contributed by atoms with van der Waals surface area (Å²) in [4.78, 5) is 31.5. The second-order valence-corrected chi connectivity index (χ2v) is 7.76. The van der Waals surface area contributed by atoms with Crippen LogP contribution >= 0.6 is 11.8 Å². The van der Waals surface area contributed by atoms with E-state index >= 15 is 0 Å². The van der Waals surface area contributed by atoms with Crippen LogP contribution < -0.4 is 4.90 Å². The lowest BCUT2D eigenvalue weighted by Gasteiger charge is -2.33. The molecule has 0 spiro atoms. The molecule has 1 aromatic carbocycles. The maximum atomic E-state index is 12.3. The van der Waals surface area contributed by atoms with Crippen molar-refractivity contribution in [1.29, 1.82) is 0 Å². The summed E-state index contributed by atoms with van der Waals surface area (Å²) in [6.45, 7) is 1.49. The zero-order valence-electron chi connectivity index (χ0n) is 15.1. The van der Waals surface area contributed by atoms with E-state index < -0.39 is 4.92 Å². The summed E-state index contributed by atoms with van der Waals surface area (Å²) in [6, 6.07) is 6.61. The predicted octanol–water partition coefficient (Wildman–Crippen LogP) is 3.64. The van der Waals surface area contributed by atoms with Crippen molar-refractivity contribution in [2.45, 2.75) is 51.2 Å². The van der Waals surface area contributed by atoms with Crippen molar-refractivity contribution in [2.24, 2.45) is 4.99 Å². The Balaban J connectivity index is 1.83. The van der Waals surface area contributed by atoms with Crippen molar-refractivity contribution in [1.82, 2.24) is 4.90 Å². The molecule has 0 bridgehead atoms. The van der Waals surface area contributed by atoms with Crippen molar-refractivity contribution in [3.05, 3.63) is 34.4 Å². The van der Waals surface area contributed by atoms with Gasteiger partial charge in [0, 0.05) is 31.9 Å². The lowest BCUT2D eigenvalue weighted by atomic mass is 9.96. The Hall–Kier alpha value is -2.09. The average Bonchev–Trinajstić information content (AvgIpc) is 2.97. The van der Waals surface area contributed by atoms with Crippen LogP contribution in [-0.4, -0.2) is 45.9 Å². The first-order valence-electron chi connectivity index (χ1n) is 8.95. The van der Waals surface area contributed by atoms with Gasteiger partial charge in [-0.05, 0) is 18.9 Å². The molecule has 26 heavy (non-hydrogen) atoms. The first-order chi connectivity index (χ1) is 12.5. The Kier molecular flexibility index (Phi) is 5.80. The Morgan fingerprint density at radius 2 is 2.08 bits per heavy atom. The summed E-state index contributed by atoms with van der Waals surface area (Å²) >= 11 is 1.65. The summed E-state index contributed by atoms with van der Waals surface area (Å²) in [6.07, 6.45) is 5.81. The zero-order chi connectivity index (χ0) is 18.7. The number of nitrogens with zero attached hydrogens (tertiary/aromatic N) is 4. The van der Waals surface area contributed by atoms with Gasteiger partial charge in [-0.15, -0.1) is 0 Å². The first kappa shape index (κ1) is 18.7. The number of hydrogen-bond donors (Lipinski definition) is 0. The SMILES string of the molecule is CC(=O)N(c1cccc([N+](=O)[O-])c1)C1CSC(=NC2CCCCC2)N1C. The van der Waals surface area contributed by atoms with E-state index in [1.54, 1.807) is 28.8 Å². The van der Waals surface area contributed by atoms with Gasteiger partial charge in [0.25, 0.3) is 5.69 Å². The number of rotatable bonds is 4. The number of amides is 1. The van der Waals surface area contributed by atoms with Gasteiger partial charge in [-0.3, -0.25) is 24.8 Å². The molecule has 1 aliphatic heterocycles. The molecule has 1 aromatic rings. The molecular formula is C18H24N4O3S. The molecular weight excluding hydrogens is 352 g/mol. The van der Waals surface area contributed by atoms with E-state index in [4.69, 9.17) is 4.99 Å². The largest absolute Gasteiger partial charge is 0.333 e. The first-order valence-corrected chi connectivity index (χ1v) is 9.93. The maximum absolute atomic E-state index is 12.3. The van der Waals surface area contributed by atoms with E-state index in [1.165, 1.54) is 38.3 Å². The van der Waals surface area contributed by atoms with E-state index in [0.29, 0.717) is 17.5 Å². The third-order valence-corrected chi connectivity index (χ3v) is 6.05. The number of hydrogen-bond acceptors (Lipinski definition) is 5. The van der Waals surface area contributed by atoms with E-state index in [9.17, 15) is 14.9 Å². The van der Waals surface area contributed by atoms with Crippen LogP contribution in [0.2, 0.25) is 0 Å². The molecule has 1 saturated heterocycles. The van der Waals surface area contributed by atoms with Gasteiger partial charge < -0.3 is 4.90 Å². The number of amidine groups is 1. The van der Waals surface area contributed by atoms with E-state index in [-0.39, 0.29) is 17.8 Å². The highest BCUT2D eigenvalue weighted by Gasteiger charge is 2.35. The standard InChI is InChI=1S/C18H24N4O3S/c1-13(23)21(15-9-6-10-16(11-15)22(24)25)17-12-26-18(20(17)2)19-14-7-4-3-5-8-14/h6,9-11,14,17H,3-5,7-8,12H2,1-2H3. The Morgan fingerprint density at radius 3 is 2.73 bits per heavy atom. The lowest BCUT2D eigenvalue weighted by molar-refractivity contribution is -0.384. The van der Waals surface area contributed by atoms with Crippen molar-refractivity contribution in [2.75, 3.05) is 17.7 Å². The van der Waals surface area contributed by atoms with Gasteiger partial charge in [0.05, 0.1) is 16.7 Å². The van der Waals surface area contributed by atoms with Gasteiger partial charge in [0.2, 0.25) is 5.91 Å². The maximum Gasteiger partial charge on any atom is 0.271 e. The van der Waals surface area contributed by atoms with Crippen LogP contribution in [0.5, 0.6) is 0 Å². The molecule has 0 N–H and O–H groups in total. The minimum absolute atomic E-state index is 0.0156. The number of anilines is 1. The second kappa shape index (κ2) is 8.07. The molecule has 1 aliphatic carbocycles. The molecule has 1 heterocycles. The molecule has 3 rings (SSSR count). The molecule has 1 unspecified atom stereocenters. The third-order valence-electron chi connectivity index (χ3n) is 4.93. The van der Waals surface area contributed by atoms with Crippen molar-refractivity contribution in [3.63, 3.8) is 0 Å². The average molecular weight is 376 g/mol. The molecule has 0 radical (unpaired) electrons. The van der Waals surface area contributed by atoms with Crippen LogP contribution in [0.25, 0.3) is 0 Å². The Bertz CT molecular complexity index is 718. The lowest BCUT2D eigenvalue weighted by Crippen LogP contribution is -2.48. The molecule has 0 aromatic heterocycles. The fourth-order valence-electron chi connectivity index (χ4n) is 3.55. The second-order valence-electron chi connectivity index (χ2n) is 6.77. The number of benzene rings is 1. The minimum atomic E-state index is -0.440. The quantitative estimate of drug-likeness (QED) is 0.592. The topological polar surface area (TPSA) is 79.0 Å². The van der Waals surface area contributed by atoms with Crippen LogP contribution in [0.1, 0.15) is 39.0 Å². The number of non-ortho nitro benzene ring substituents is 1. The Morgan fingerprint density at radius 1 is 1.35 bits per heavy atom. The monoisotopic (exact) mass is 376 g/mol.